The molecule has 0 radical (unpaired) electrons. The van der Waals surface area contributed by atoms with Crippen molar-refractivity contribution in [3.05, 3.63) is 27.7 Å². The summed E-state index contributed by atoms with van der Waals surface area (Å²) in [5, 5.41) is 0.227. The Morgan fingerprint density at radius 1 is 1.29 bits per heavy atom. The molecule has 2 atom stereocenters. The van der Waals surface area contributed by atoms with Gasteiger partial charge in [-0.05, 0) is 37.1 Å². The van der Waals surface area contributed by atoms with Gasteiger partial charge in [0.25, 0.3) is 0 Å². The van der Waals surface area contributed by atoms with Crippen LogP contribution in [-0.2, 0) is 0 Å². The smallest absolute Gasteiger partial charge is 0.120 e. The van der Waals surface area contributed by atoms with Gasteiger partial charge in [-0.3, -0.25) is 0 Å². The van der Waals surface area contributed by atoms with E-state index in [2.05, 4.69) is 55.8 Å². The lowest BCUT2D eigenvalue weighted by Gasteiger charge is -2.48. The summed E-state index contributed by atoms with van der Waals surface area (Å²) in [6, 6.07) is 4.16. The Morgan fingerprint density at radius 2 is 1.82 bits per heavy atom. The van der Waals surface area contributed by atoms with Crippen molar-refractivity contribution in [1.82, 2.24) is 0 Å². The van der Waals surface area contributed by atoms with Gasteiger partial charge in [0, 0.05) is 21.7 Å². The zero-order chi connectivity index (χ0) is 12.8. The van der Waals surface area contributed by atoms with Crippen molar-refractivity contribution in [2.75, 3.05) is 0 Å². The Labute approximate surface area is 117 Å². The fourth-order valence-electron chi connectivity index (χ4n) is 2.18. The Bertz CT molecular complexity index is 419. The highest BCUT2D eigenvalue weighted by atomic mass is 79.9. The molecule has 1 aliphatic rings. The van der Waals surface area contributed by atoms with Gasteiger partial charge in [-0.25, -0.2) is 0 Å². The summed E-state index contributed by atoms with van der Waals surface area (Å²) >= 11 is 9.77. The third-order valence-corrected chi connectivity index (χ3v) is 5.74. The van der Waals surface area contributed by atoms with Crippen molar-refractivity contribution >= 4 is 27.5 Å². The van der Waals surface area contributed by atoms with Crippen LogP contribution in [0, 0.1) is 19.3 Å². The average Bonchev–Trinajstić information content (AvgIpc) is 2.25. The van der Waals surface area contributed by atoms with Crippen molar-refractivity contribution in [2.45, 2.75) is 45.6 Å². The summed E-state index contributed by atoms with van der Waals surface area (Å²) in [6.45, 7) is 8.50. The fourth-order valence-corrected chi connectivity index (χ4v) is 2.71. The van der Waals surface area contributed by atoms with Gasteiger partial charge < -0.3 is 4.74 Å². The van der Waals surface area contributed by atoms with Crippen molar-refractivity contribution < 1.29 is 4.74 Å². The molecule has 0 bridgehead atoms. The highest BCUT2D eigenvalue weighted by Crippen LogP contribution is 2.46. The summed E-state index contributed by atoms with van der Waals surface area (Å²) in [6.07, 6.45) is 1.16. The number of ether oxygens (including phenoxy) is 1. The molecule has 0 aliphatic heterocycles. The Kier molecular flexibility index (Phi) is 3.48. The molecule has 1 aromatic carbocycles. The minimum absolute atomic E-state index is 0.0659. The van der Waals surface area contributed by atoms with E-state index >= 15 is 0 Å². The van der Waals surface area contributed by atoms with Gasteiger partial charge >= 0.3 is 0 Å². The Hall–Kier alpha value is -0.210. The summed E-state index contributed by atoms with van der Waals surface area (Å²) in [5.74, 6) is 0.949. The predicted octanol–water partition coefficient (Wildman–Crippen LogP) is 4.85. The number of halogens is 2. The molecule has 0 saturated heterocycles. The molecule has 3 heteroatoms. The average molecular weight is 318 g/mol. The maximum Gasteiger partial charge on any atom is 0.120 e. The van der Waals surface area contributed by atoms with Crippen LogP contribution >= 0.6 is 27.5 Å². The number of hydrogen-bond acceptors (Lipinski definition) is 1. The molecule has 1 nitrogen and oxygen atoms in total. The molecule has 1 fully saturated rings. The number of alkyl halides is 1. The first kappa shape index (κ1) is 13.2. The predicted molar refractivity (Wildman–Crippen MR) is 76.1 cm³/mol. The summed E-state index contributed by atoms with van der Waals surface area (Å²) in [5.41, 5.74) is 2.48. The van der Waals surface area contributed by atoms with Gasteiger partial charge in [0.2, 0.25) is 0 Å². The van der Waals surface area contributed by atoms with Crippen molar-refractivity contribution in [2.24, 2.45) is 5.41 Å². The van der Waals surface area contributed by atoms with E-state index in [1.807, 2.05) is 0 Å². The van der Waals surface area contributed by atoms with Crippen LogP contribution in [0.5, 0.6) is 5.75 Å². The maximum atomic E-state index is 6.20. The van der Waals surface area contributed by atoms with Gasteiger partial charge in [0.05, 0.1) is 0 Å². The molecule has 0 amide bonds. The van der Waals surface area contributed by atoms with Crippen LogP contribution in [0.1, 0.15) is 31.4 Å². The molecule has 0 aromatic heterocycles. The minimum atomic E-state index is 0.0659. The van der Waals surface area contributed by atoms with E-state index in [9.17, 15) is 0 Å². The summed E-state index contributed by atoms with van der Waals surface area (Å²) < 4.78 is 7.21. The van der Waals surface area contributed by atoms with Crippen LogP contribution in [0.25, 0.3) is 0 Å². The van der Waals surface area contributed by atoms with E-state index in [1.54, 1.807) is 0 Å². The monoisotopic (exact) mass is 316 g/mol. The van der Waals surface area contributed by atoms with Gasteiger partial charge in [0.15, 0.2) is 0 Å². The lowest BCUT2D eigenvalue weighted by atomic mass is 9.68. The Morgan fingerprint density at radius 3 is 2.24 bits per heavy atom. The molecule has 2 unspecified atom stereocenters. The van der Waals surface area contributed by atoms with Crippen molar-refractivity contribution in [3.63, 3.8) is 0 Å². The third-order valence-electron chi connectivity index (χ3n) is 3.75. The van der Waals surface area contributed by atoms with Gasteiger partial charge in [0.1, 0.15) is 11.9 Å². The highest BCUT2D eigenvalue weighted by molar-refractivity contribution is 9.10. The largest absolute Gasteiger partial charge is 0.490 e. The molecule has 0 heterocycles. The summed E-state index contributed by atoms with van der Waals surface area (Å²) in [4.78, 5) is 0. The molecule has 0 N–H and O–H groups in total. The number of aryl methyl sites for hydroxylation is 2. The quantitative estimate of drug-likeness (QED) is 0.708. The van der Waals surface area contributed by atoms with E-state index in [0.717, 1.165) is 16.6 Å². The van der Waals surface area contributed by atoms with E-state index in [4.69, 9.17) is 16.3 Å². The molecule has 94 valence electrons. The van der Waals surface area contributed by atoms with Gasteiger partial charge in [-0.2, -0.15) is 0 Å². The standard InChI is InChI=1S/C14H18BrClO/c1-8-5-10(6-9(2)13(8)15)17-12-7-11(16)14(12,3)4/h5-6,11-12H,7H2,1-4H3. The molecule has 17 heavy (non-hydrogen) atoms. The molecule has 1 aliphatic carbocycles. The van der Waals surface area contributed by atoms with Gasteiger partial charge in [-0.1, -0.05) is 29.8 Å². The first-order chi connectivity index (χ1) is 7.82. The second-order valence-corrected chi connectivity index (χ2v) is 6.82. The van der Waals surface area contributed by atoms with Crippen LogP contribution in [0.15, 0.2) is 16.6 Å². The minimum Gasteiger partial charge on any atom is -0.490 e. The lowest BCUT2D eigenvalue weighted by Crippen LogP contribution is -2.53. The zero-order valence-corrected chi connectivity index (χ0v) is 13.0. The summed E-state index contributed by atoms with van der Waals surface area (Å²) in [7, 11) is 0. The number of rotatable bonds is 2. The molecular weight excluding hydrogens is 300 g/mol. The van der Waals surface area contributed by atoms with Crippen LogP contribution in [-0.4, -0.2) is 11.5 Å². The molecule has 1 aromatic rings. The van der Waals surface area contributed by atoms with E-state index in [1.165, 1.54) is 11.1 Å². The second kappa shape index (κ2) is 4.47. The van der Waals surface area contributed by atoms with Crippen LogP contribution in [0.3, 0.4) is 0 Å². The fraction of sp³-hybridized carbons (Fsp3) is 0.571. The van der Waals surface area contributed by atoms with Crippen molar-refractivity contribution in [1.29, 1.82) is 0 Å². The van der Waals surface area contributed by atoms with E-state index in [0.29, 0.717) is 0 Å². The first-order valence-electron chi connectivity index (χ1n) is 5.90. The zero-order valence-electron chi connectivity index (χ0n) is 10.7. The van der Waals surface area contributed by atoms with E-state index in [-0.39, 0.29) is 16.9 Å². The Balaban J connectivity index is 2.16. The van der Waals surface area contributed by atoms with Crippen LogP contribution < -0.4 is 4.74 Å². The molecular formula is C14H18BrClO. The molecule has 2 rings (SSSR count). The van der Waals surface area contributed by atoms with Crippen LogP contribution in [0.2, 0.25) is 0 Å². The normalized spacial score (nSPS) is 26.5. The van der Waals surface area contributed by atoms with E-state index < -0.39 is 0 Å². The highest BCUT2D eigenvalue weighted by Gasteiger charge is 2.49. The van der Waals surface area contributed by atoms with Gasteiger partial charge in [-0.15, -0.1) is 11.6 Å². The SMILES string of the molecule is Cc1cc(OC2CC(Cl)C2(C)C)cc(C)c1Br. The lowest BCUT2D eigenvalue weighted by molar-refractivity contribution is -0.0130. The number of hydrogen-bond donors (Lipinski definition) is 0. The topological polar surface area (TPSA) is 9.23 Å². The van der Waals surface area contributed by atoms with Crippen LogP contribution in [0.4, 0.5) is 0 Å². The van der Waals surface area contributed by atoms with Crippen molar-refractivity contribution in [3.8, 4) is 5.75 Å². The number of benzene rings is 1. The molecule has 1 saturated carbocycles. The second-order valence-electron chi connectivity index (χ2n) is 5.50. The maximum absolute atomic E-state index is 6.20. The third kappa shape index (κ3) is 2.34. The first-order valence-corrected chi connectivity index (χ1v) is 7.13. The molecule has 0 spiro atoms.